The molecule has 1 aromatic carbocycles. The minimum absolute atomic E-state index is 0.760. The number of benzene rings is 1. The number of rotatable bonds is 4. The van der Waals surface area contributed by atoms with Gasteiger partial charge in [-0.05, 0) is 50.3 Å². The topological polar surface area (TPSA) is 15.3 Å². The Labute approximate surface area is 117 Å². The van der Waals surface area contributed by atoms with Crippen molar-refractivity contribution in [1.82, 2.24) is 10.2 Å². The van der Waals surface area contributed by atoms with Crippen molar-refractivity contribution in [2.45, 2.75) is 64.2 Å². The number of nitrogens with one attached hydrogen (secondary N) is 1. The van der Waals surface area contributed by atoms with Gasteiger partial charge in [0.05, 0.1) is 0 Å². The largest absolute Gasteiger partial charge is 0.314 e. The summed E-state index contributed by atoms with van der Waals surface area (Å²) in [5, 5.41) is 3.65. The van der Waals surface area contributed by atoms with Crippen molar-refractivity contribution in [2.24, 2.45) is 0 Å². The summed E-state index contributed by atoms with van der Waals surface area (Å²) in [7, 11) is 0. The summed E-state index contributed by atoms with van der Waals surface area (Å²) in [6, 6.07) is 11.2. The van der Waals surface area contributed by atoms with Crippen LogP contribution < -0.4 is 5.32 Å². The van der Waals surface area contributed by atoms with Crippen LogP contribution >= 0.6 is 0 Å². The van der Waals surface area contributed by atoms with Crippen molar-refractivity contribution in [3.8, 4) is 0 Å². The lowest BCUT2D eigenvalue weighted by atomic mass is 9.96. The van der Waals surface area contributed by atoms with E-state index in [-0.39, 0.29) is 0 Å². The summed E-state index contributed by atoms with van der Waals surface area (Å²) in [5.74, 6) is 0. The average molecular weight is 258 g/mol. The van der Waals surface area contributed by atoms with Crippen LogP contribution in [-0.4, -0.2) is 29.6 Å². The Morgan fingerprint density at radius 3 is 2.47 bits per heavy atom. The molecule has 2 nitrogen and oxygen atoms in total. The van der Waals surface area contributed by atoms with E-state index in [0.29, 0.717) is 0 Å². The highest BCUT2D eigenvalue weighted by Gasteiger charge is 2.40. The molecule has 3 rings (SSSR count). The molecule has 1 aromatic rings. The standard InChI is InChI=1S/C17H26N2/c1-3-18-15-10-16-8-9-17(11-15)19(16)12-14-7-5-4-6-13(14)2/h4-7,15-18H,3,8-12H2,1-2H3. The van der Waals surface area contributed by atoms with Crippen LogP contribution in [0.5, 0.6) is 0 Å². The maximum atomic E-state index is 3.65. The smallest absolute Gasteiger partial charge is 0.0242 e. The van der Waals surface area contributed by atoms with Crippen LogP contribution in [0.25, 0.3) is 0 Å². The molecule has 104 valence electrons. The molecule has 2 bridgehead atoms. The number of hydrogen-bond donors (Lipinski definition) is 1. The quantitative estimate of drug-likeness (QED) is 0.893. The van der Waals surface area contributed by atoms with E-state index in [4.69, 9.17) is 0 Å². The number of aryl methyl sites for hydroxylation is 1. The van der Waals surface area contributed by atoms with Crippen molar-refractivity contribution in [2.75, 3.05) is 6.54 Å². The summed E-state index contributed by atoms with van der Waals surface area (Å²) < 4.78 is 0. The molecule has 2 heteroatoms. The van der Waals surface area contributed by atoms with Gasteiger partial charge in [0, 0.05) is 24.7 Å². The van der Waals surface area contributed by atoms with Crippen molar-refractivity contribution in [3.63, 3.8) is 0 Å². The van der Waals surface area contributed by atoms with Crippen molar-refractivity contribution in [3.05, 3.63) is 35.4 Å². The third-order valence-corrected chi connectivity index (χ3v) is 4.99. The molecule has 0 aromatic heterocycles. The van der Waals surface area contributed by atoms with E-state index in [0.717, 1.165) is 31.2 Å². The van der Waals surface area contributed by atoms with Crippen LogP contribution in [0, 0.1) is 6.92 Å². The number of hydrogen-bond acceptors (Lipinski definition) is 2. The fourth-order valence-electron chi connectivity index (χ4n) is 3.97. The third-order valence-electron chi connectivity index (χ3n) is 4.99. The summed E-state index contributed by atoms with van der Waals surface area (Å²) in [6.07, 6.45) is 5.49. The Kier molecular flexibility index (Phi) is 3.90. The summed E-state index contributed by atoms with van der Waals surface area (Å²) >= 11 is 0. The summed E-state index contributed by atoms with van der Waals surface area (Å²) in [5.41, 5.74) is 2.96. The molecule has 0 saturated carbocycles. The Morgan fingerprint density at radius 1 is 1.16 bits per heavy atom. The first-order valence-electron chi connectivity index (χ1n) is 7.81. The van der Waals surface area contributed by atoms with Crippen LogP contribution in [0.1, 0.15) is 43.7 Å². The van der Waals surface area contributed by atoms with Gasteiger partial charge in [0.15, 0.2) is 0 Å². The minimum Gasteiger partial charge on any atom is -0.314 e. The lowest BCUT2D eigenvalue weighted by molar-refractivity contribution is 0.109. The highest BCUT2D eigenvalue weighted by atomic mass is 15.2. The van der Waals surface area contributed by atoms with Crippen LogP contribution in [0.15, 0.2) is 24.3 Å². The van der Waals surface area contributed by atoms with Gasteiger partial charge < -0.3 is 5.32 Å². The molecular formula is C17H26N2. The van der Waals surface area contributed by atoms with E-state index >= 15 is 0 Å². The maximum absolute atomic E-state index is 3.65. The molecule has 2 atom stereocenters. The third kappa shape index (κ3) is 2.70. The van der Waals surface area contributed by atoms with Gasteiger partial charge in [-0.15, -0.1) is 0 Å². The normalized spacial score (nSPS) is 30.7. The Bertz CT molecular complexity index is 415. The molecule has 1 N–H and O–H groups in total. The van der Waals surface area contributed by atoms with Gasteiger partial charge in [0.1, 0.15) is 0 Å². The zero-order valence-corrected chi connectivity index (χ0v) is 12.2. The van der Waals surface area contributed by atoms with Gasteiger partial charge in [-0.1, -0.05) is 31.2 Å². The van der Waals surface area contributed by atoms with Gasteiger partial charge in [0.2, 0.25) is 0 Å². The molecule has 19 heavy (non-hydrogen) atoms. The fourth-order valence-corrected chi connectivity index (χ4v) is 3.97. The molecule has 0 radical (unpaired) electrons. The first-order chi connectivity index (χ1) is 9.28. The van der Waals surface area contributed by atoms with E-state index in [1.54, 1.807) is 0 Å². The molecule has 2 aliphatic rings. The van der Waals surface area contributed by atoms with Gasteiger partial charge in [-0.2, -0.15) is 0 Å². The van der Waals surface area contributed by atoms with Gasteiger partial charge >= 0.3 is 0 Å². The number of piperidine rings is 1. The van der Waals surface area contributed by atoms with Crippen molar-refractivity contribution < 1.29 is 0 Å². The molecule has 2 aliphatic heterocycles. The molecule has 0 spiro atoms. The predicted molar refractivity (Wildman–Crippen MR) is 80.2 cm³/mol. The molecule has 2 heterocycles. The molecule has 2 fully saturated rings. The fraction of sp³-hybridized carbons (Fsp3) is 0.647. The summed E-state index contributed by atoms with van der Waals surface area (Å²) in [6.45, 7) is 6.73. The second-order valence-electron chi connectivity index (χ2n) is 6.21. The Balaban J connectivity index is 1.69. The number of fused-ring (bicyclic) bond motifs is 2. The van der Waals surface area contributed by atoms with E-state index in [9.17, 15) is 0 Å². The molecule has 0 aliphatic carbocycles. The van der Waals surface area contributed by atoms with Gasteiger partial charge in [0.25, 0.3) is 0 Å². The van der Waals surface area contributed by atoms with Crippen LogP contribution in [-0.2, 0) is 6.54 Å². The Morgan fingerprint density at radius 2 is 1.84 bits per heavy atom. The molecular weight excluding hydrogens is 232 g/mol. The predicted octanol–water partition coefficient (Wildman–Crippen LogP) is 3.10. The molecule has 0 amide bonds. The Hall–Kier alpha value is -0.860. The van der Waals surface area contributed by atoms with E-state index in [1.165, 1.54) is 36.8 Å². The maximum Gasteiger partial charge on any atom is 0.0242 e. The first kappa shape index (κ1) is 13.1. The average Bonchev–Trinajstić information content (AvgIpc) is 2.64. The number of nitrogens with zero attached hydrogens (tertiary/aromatic N) is 1. The van der Waals surface area contributed by atoms with Crippen molar-refractivity contribution in [1.29, 1.82) is 0 Å². The zero-order chi connectivity index (χ0) is 13.2. The summed E-state index contributed by atoms with van der Waals surface area (Å²) in [4.78, 5) is 2.77. The first-order valence-corrected chi connectivity index (χ1v) is 7.81. The second kappa shape index (κ2) is 5.64. The zero-order valence-electron chi connectivity index (χ0n) is 12.2. The molecule has 2 saturated heterocycles. The van der Waals surface area contributed by atoms with E-state index < -0.39 is 0 Å². The highest BCUT2D eigenvalue weighted by Crippen LogP contribution is 2.37. The van der Waals surface area contributed by atoms with Crippen molar-refractivity contribution >= 4 is 0 Å². The van der Waals surface area contributed by atoms with Crippen LogP contribution in [0.3, 0.4) is 0 Å². The van der Waals surface area contributed by atoms with Crippen LogP contribution in [0.4, 0.5) is 0 Å². The van der Waals surface area contributed by atoms with Gasteiger partial charge in [-0.3, -0.25) is 4.90 Å². The minimum atomic E-state index is 0.760. The SMILES string of the molecule is CCNC1CC2CCC(C1)N2Cc1ccccc1C. The lowest BCUT2D eigenvalue weighted by Gasteiger charge is -2.39. The molecule has 2 unspecified atom stereocenters. The second-order valence-corrected chi connectivity index (χ2v) is 6.21. The highest BCUT2D eigenvalue weighted by molar-refractivity contribution is 5.26. The van der Waals surface area contributed by atoms with Gasteiger partial charge in [-0.25, -0.2) is 0 Å². The lowest BCUT2D eigenvalue weighted by Crippen LogP contribution is -2.48. The monoisotopic (exact) mass is 258 g/mol. The van der Waals surface area contributed by atoms with E-state index in [1.807, 2.05) is 0 Å². The van der Waals surface area contributed by atoms with E-state index in [2.05, 4.69) is 48.3 Å². The van der Waals surface area contributed by atoms with Crippen LogP contribution in [0.2, 0.25) is 0 Å².